The van der Waals surface area contributed by atoms with Crippen LogP contribution in [-0.2, 0) is 0 Å². The van der Waals surface area contributed by atoms with Gasteiger partial charge in [0.2, 0.25) is 0 Å². The Kier molecular flexibility index (Phi) is 6.74. The van der Waals surface area contributed by atoms with Crippen molar-refractivity contribution in [2.24, 2.45) is 5.92 Å². The molecule has 0 radical (unpaired) electrons. The largest absolute Gasteiger partial charge is 0.392 e. The monoisotopic (exact) mass is 230 g/mol. The molecule has 0 heterocycles. The predicted molar refractivity (Wildman–Crippen MR) is 69.4 cm³/mol. The number of aliphatic hydroxyl groups is 1. The van der Waals surface area contributed by atoms with E-state index >= 15 is 0 Å². The number of aliphatic hydroxyl groups excluding tert-OH is 1. The standard InChI is InChI=1S/C13H26OS/c1-3-7-11(2)13(14)10-15-12-8-5-4-6-9-12/h11-14H,3-10H2,1-2H3. The van der Waals surface area contributed by atoms with Crippen molar-refractivity contribution in [2.45, 2.75) is 70.1 Å². The fraction of sp³-hybridized carbons (Fsp3) is 1.00. The molecule has 90 valence electrons. The van der Waals surface area contributed by atoms with E-state index in [1.54, 1.807) is 0 Å². The first-order valence-corrected chi connectivity index (χ1v) is 7.58. The van der Waals surface area contributed by atoms with Crippen LogP contribution in [0.3, 0.4) is 0 Å². The second kappa shape index (κ2) is 7.56. The van der Waals surface area contributed by atoms with Gasteiger partial charge >= 0.3 is 0 Å². The van der Waals surface area contributed by atoms with Crippen molar-refractivity contribution in [1.82, 2.24) is 0 Å². The molecule has 0 aliphatic heterocycles. The Bertz CT molecular complexity index is 155. The number of hydrogen-bond acceptors (Lipinski definition) is 2. The van der Waals surface area contributed by atoms with Gasteiger partial charge in [0.25, 0.3) is 0 Å². The van der Waals surface area contributed by atoms with Crippen LogP contribution < -0.4 is 0 Å². The lowest BCUT2D eigenvalue weighted by Gasteiger charge is -2.24. The van der Waals surface area contributed by atoms with Crippen molar-refractivity contribution < 1.29 is 5.11 Å². The molecule has 1 aliphatic carbocycles. The minimum Gasteiger partial charge on any atom is -0.392 e. The van der Waals surface area contributed by atoms with Crippen molar-refractivity contribution in [3.63, 3.8) is 0 Å². The van der Waals surface area contributed by atoms with E-state index in [2.05, 4.69) is 13.8 Å². The maximum atomic E-state index is 9.96. The van der Waals surface area contributed by atoms with Gasteiger partial charge in [-0.25, -0.2) is 0 Å². The second-order valence-corrected chi connectivity index (χ2v) is 6.26. The highest BCUT2D eigenvalue weighted by Crippen LogP contribution is 2.29. The third-order valence-electron chi connectivity index (χ3n) is 3.46. The Morgan fingerprint density at radius 3 is 2.53 bits per heavy atom. The van der Waals surface area contributed by atoms with Gasteiger partial charge in [-0.15, -0.1) is 0 Å². The van der Waals surface area contributed by atoms with Gasteiger partial charge in [0.05, 0.1) is 6.10 Å². The maximum absolute atomic E-state index is 9.96. The lowest BCUT2D eigenvalue weighted by molar-refractivity contribution is 0.134. The number of hydrogen-bond donors (Lipinski definition) is 1. The van der Waals surface area contributed by atoms with Crippen LogP contribution >= 0.6 is 11.8 Å². The van der Waals surface area contributed by atoms with Crippen molar-refractivity contribution in [2.75, 3.05) is 5.75 Å². The molecular formula is C13H26OS. The van der Waals surface area contributed by atoms with Crippen molar-refractivity contribution >= 4 is 11.8 Å². The molecule has 1 N–H and O–H groups in total. The van der Waals surface area contributed by atoms with Gasteiger partial charge in [-0.05, 0) is 25.2 Å². The molecule has 1 saturated carbocycles. The Balaban J connectivity index is 2.11. The highest BCUT2D eigenvalue weighted by Gasteiger charge is 2.18. The van der Waals surface area contributed by atoms with Crippen LogP contribution in [0.1, 0.15) is 58.8 Å². The van der Waals surface area contributed by atoms with E-state index in [1.165, 1.54) is 38.5 Å². The topological polar surface area (TPSA) is 20.2 Å². The van der Waals surface area contributed by atoms with Crippen molar-refractivity contribution in [1.29, 1.82) is 0 Å². The molecule has 1 rings (SSSR count). The van der Waals surface area contributed by atoms with E-state index < -0.39 is 0 Å². The Hall–Kier alpha value is 0.310. The Labute approximate surface area is 99.0 Å². The second-order valence-electron chi connectivity index (χ2n) is 4.93. The summed E-state index contributed by atoms with van der Waals surface area (Å²) in [7, 11) is 0. The van der Waals surface area contributed by atoms with Gasteiger partial charge in [0.1, 0.15) is 0 Å². The highest BCUT2D eigenvalue weighted by molar-refractivity contribution is 7.99. The van der Waals surface area contributed by atoms with Gasteiger partial charge < -0.3 is 5.11 Å². The van der Waals surface area contributed by atoms with E-state index in [-0.39, 0.29) is 6.10 Å². The quantitative estimate of drug-likeness (QED) is 0.748. The minimum atomic E-state index is -0.0862. The van der Waals surface area contributed by atoms with Crippen molar-refractivity contribution in [3.05, 3.63) is 0 Å². The molecule has 15 heavy (non-hydrogen) atoms. The summed E-state index contributed by atoms with van der Waals surface area (Å²) in [6.07, 6.45) is 9.23. The lowest BCUT2D eigenvalue weighted by atomic mass is 10.0. The van der Waals surface area contributed by atoms with Gasteiger partial charge in [0, 0.05) is 11.0 Å². The Morgan fingerprint density at radius 1 is 1.27 bits per heavy atom. The summed E-state index contributed by atoms with van der Waals surface area (Å²) in [5.41, 5.74) is 0. The predicted octanol–water partition coefficient (Wildman–Crippen LogP) is 3.85. The average Bonchev–Trinajstić information content (AvgIpc) is 2.27. The van der Waals surface area contributed by atoms with Crippen LogP contribution in [0.2, 0.25) is 0 Å². The summed E-state index contributed by atoms with van der Waals surface area (Å²) in [5, 5.41) is 10.8. The summed E-state index contributed by atoms with van der Waals surface area (Å²) in [6, 6.07) is 0. The first-order valence-electron chi connectivity index (χ1n) is 6.53. The molecule has 0 aromatic carbocycles. The fourth-order valence-corrected chi connectivity index (χ4v) is 3.74. The van der Waals surface area contributed by atoms with Crippen LogP contribution in [-0.4, -0.2) is 22.2 Å². The van der Waals surface area contributed by atoms with E-state index in [1.807, 2.05) is 11.8 Å². The lowest BCUT2D eigenvalue weighted by Crippen LogP contribution is -2.22. The molecule has 0 amide bonds. The minimum absolute atomic E-state index is 0.0862. The van der Waals surface area contributed by atoms with Crippen LogP contribution in [0.4, 0.5) is 0 Å². The van der Waals surface area contributed by atoms with Gasteiger partial charge in [0.15, 0.2) is 0 Å². The molecule has 2 unspecified atom stereocenters. The summed E-state index contributed by atoms with van der Waals surface area (Å²) in [6.45, 7) is 4.37. The zero-order chi connectivity index (χ0) is 11.1. The molecule has 1 aliphatic rings. The van der Waals surface area contributed by atoms with E-state index in [0.717, 1.165) is 17.4 Å². The van der Waals surface area contributed by atoms with E-state index in [4.69, 9.17) is 0 Å². The molecule has 1 nitrogen and oxygen atoms in total. The summed E-state index contributed by atoms with van der Waals surface area (Å²) in [4.78, 5) is 0. The maximum Gasteiger partial charge on any atom is 0.0656 e. The molecule has 0 aromatic heterocycles. The molecule has 0 spiro atoms. The molecule has 0 saturated heterocycles. The fourth-order valence-electron chi connectivity index (χ4n) is 2.28. The molecule has 2 atom stereocenters. The van der Waals surface area contributed by atoms with E-state index in [9.17, 15) is 5.11 Å². The molecule has 2 heteroatoms. The van der Waals surface area contributed by atoms with Gasteiger partial charge in [-0.2, -0.15) is 11.8 Å². The summed E-state index contributed by atoms with van der Waals surface area (Å²) in [5.74, 6) is 1.43. The SMILES string of the molecule is CCCC(C)C(O)CSC1CCCCC1. The third-order valence-corrected chi connectivity index (χ3v) is 4.93. The third kappa shape index (κ3) is 5.26. The van der Waals surface area contributed by atoms with Crippen LogP contribution in [0.5, 0.6) is 0 Å². The van der Waals surface area contributed by atoms with Crippen LogP contribution in [0, 0.1) is 5.92 Å². The highest BCUT2D eigenvalue weighted by atomic mass is 32.2. The first kappa shape index (κ1) is 13.4. The number of rotatable bonds is 6. The zero-order valence-corrected chi connectivity index (χ0v) is 11.1. The van der Waals surface area contributed by atoms with Gasteiger partial charge in [-0.1, -0.05) is 39.5 Å². The Morgan fingerprint density at radius 2 is 1.93 bits per heavy atom. The van der Waals surface area contributed by atoms with Crippen LogP contribution in [0.25, 0.3) is 0 Å². The van der Waals surface area contributed by atoms with E-state index in [0.29, 0.717) is 5.92 Å². The summed E-state index contributed by atoms with van der Waals surface area (Å²) >= 11 is 2.01. The number of thioether (sulfide) groups is 1. The smallest absolute Gasteiger partial charge is 0.0656 e. The average molecular weight is 230 g/mol. The summed E-state index contributed by atoms with van der Waals surface area (Å²) < 4.78 is 0. The van der Waals surface area contributed by atoms with Gasteiger partial charge in [-0.3, -0.25) is 0 Å². The van der Waals surface area contributed by atoms with Crippen LogP contribution in [0.15, 0.2) is 0 Å². The van der Waals surface area contributed by atoms with Crippen molar-refractivity contribution in [3.8, 4) is 0 Å². The molecule has 1 fully saturated rings. The molecule has 0 aromatic rings. The molecule has 0 bridgehead atoms. The normalized spacial score (nSPS) is 22.6. The molecular weight excluding hydrogens is 204 g/mol. The zero-order valence-electron chi connectivity index (χ0n) is 10.2. The first-order chi connectivity index (χ1) is 7.24.